The molecule has 0 bridgehead atoms. The van der Waals surface area contributed by atoms with Crippen LogP contribution in [0.25, 0.3) is 0 Å². The summed E-state index contributed by atoms with van der Waals surface area (Å²) in [6.45, 7) is 17.1. The molecule has 0 unspecified atom stereocenters. The maximum absolute atomic E-state index is 13.9. The van der Waals surface area contributed by atoms with Crippen LogP contribution in [0, 0.1) is 17.8 Å². The zero-order valence-electron chi connectivity index (χ0n) is 30.7. The fourth-order valence-corrected chi connectivity index (χ4v) is 4.99. The van der Waals surface area contributed by atoms with Gasteiger partial charge in [0.2, 0.25) is 35.4 Å². The summed E-state index contributed by atoms with van der Waals surface area (Å²) < 4.78 is 0. The van der Waals surface area contributed by atoms with E-state index in [1.165, 1.54) is 28.8 Å². The Hall–Kier alpha value is -3.22. The number of nitrogens with one attached hydrogen (secondary N) is 4. The highest BCUT2D eigenvalue weighted by molar-refractivity contribution is 5.96. The minimum Gasteiger partial charge on any atom is -0.351 e. The Bertz CT molecular complexity index is 1020. The molecule has 0 fully saturated rings. The lowest BCUT2D eigenvalue weighted by atomic mass is 9.97. The molecule has 0 heterocycles. The molecular weight excluding hydrogens is 590 g/mol. The van der Waals surface area contributed by atoms with Gasteiger partial charge in [-0.05, 0) is 57.9 Å². The molecule has 0 rings (SSSR count). The molecule has 0 aliphatic carbocycles. The molecule has 13 heteroatoms. The first-order valence-electron chi connectivity index (χ1n) is 16.6. The van der Waals surface area contributed by atoms with Gasteiger partial charge in [-0.25, -0.2) is 0 Å². The summed E-state index contributed by atoms with van der Waals surface area (Å²) in [5, 5.41) is 11.4. The quantitative estimate of drug-likeness (QED) is 0.154. The maximum atomic E-state index is 13.9. The molecule has 266 valence electrons. The smallest absolute Gasteiger partial charge is 0.245 e. The number of hydrogen-bond donors (Lipinski definition) is 4. The summed E-state index contributed by atoms with van der Waals surface area (Å²) in [6, 6.07) is -3.70. The molecule has 13 nitrogen and oxygen atoms in total. The first-order valence-corrected chi connectivity index (χ1v) is 16.6. The second kappa shape index (κ2) is 20.8. The first-order chi connectivity index (χ1) is 21.3. The molecular formula is C33H63N7O6. The number of rotatable bonds is 20. The normalized spacial score (nSPS) is 14.6. The van der Waals surface area contributed by atoms with Crippen molar-refractivity contribution in [2.24, 2.45) is 17.8 Å². The third-order valence-corrected chi connectivity index (χ3v) is 7.81. The third kappa shape index (κ3) is 14.5. The summed E-state index contributed by atoms with van der Waals surface area (Å²) in [5.74, 6) is -2.51. The number of carbonyl (C=O) groups is 6. The van der Waals surface area contributed by atoms with Crippen molar-refractivity contribution in [1.29, 1.82) is 0 Å². The number of amides is 6. The summed E-state index contributed by atoms with van der Waals surface area (Å²) in [6.07, 6.45) is 1.68. The van der Waals surface area contributed by atoms with Crippen molar-refractivity contribution < 1.29 is 28.8 Å². The highest BCUT2D eigenvalue weighted by Gasteiger charge is 2.37. The van der Waals surface area contributed by atoms with Crippen LogP contribution in [0.2, 0.25) is 0 Å². The van der Waals surface area contributed by atoms with E-state index < -0.39 is 41.9 Å². The van der Waals surface area contributed by atoms with Gasteiger partial charge in [0.25, 0.3) is 0 Å². The van der Waals surface area contributed by atoms with E-state index in [4.69, 9.17) is 0 Å². The third-order valence-electron chi connectivity index (χ3n) is 7.81. The summed E-state index contributed by atoms with van der Waals surface area (Å²) in [5.41, 5.74) is 0. The van der Waals surface area contributed by atoms with Crippen LogP contribution in [0.5, 0.6) is 0 Å². The molecule has 0 aromatic rings. The molecule has 0 aliphatic heterocycles. The van der Waals surface area contributed by atoms with Crippen molar-refractivity contribution in [3.8, 4) is 0 Å². The van der Waals surface area contributed by atoms with E-state index in [0.717, 1.165) is 0 Å². The van der Waals surface area contributed by atoms with Gasteiger partial charge in [0, 0.05) is 40.2 Å². The average molecular weight is 654 g/mol. The van der Waals surface area contributed by atoms with Gasteiger partial charge in [-0.15, -0.1) is 0 Å². The molecule has 46 heavy (non-hydrogen) atoms. The molecule has 0 aromatic carbocycles. The van der Waals surface area contributed by atoms with Crippen LogP contribution < -0.4 is 21.3 Å². The monoisotopic (exact) mass is 653 g/mol. The lowest BCUT2D eigenvalue weighted by Gasteiger charge is -2.35. The van der Waals surface area contributed by atoms with Gasteiger partial charge >= 0.3 is 0 Å². The molecule has 5 atom stereocenters. The molecule has 0 aromatic heterocycles. The Morgan fingerprint density at radius 2 is 1.15 bits per heavy atom. The van der Waals surface area contributed by atoms with E-state index in [0.29, 0.717) is 32.2 Å². The van der Waals surface area contributed by atoms with Crippen molar-refractivity contribution in [2.75, 3.05) is 41.3 Å². The second-order valence-electron chi connectivity index (χ2n) is 13.7. The zero-order chi connectivity index (χ0) is 35.9. The van der Waals surface area contributed by atoms with Gasteiger partial charge in [-0.1, -0.05) is 48.5 Å². The SMILES string of the molecule is CCCC(=O)N(C)CC(=O)N(C)[C@@H](CC(C)C)C(=O)N[C@H](C(=O)N(C)[C@@H](CC(C)C)C(=O)N[C@@H](C)C(=O)N[C@H](C)CNC)C(C)C. The Balaban J connectivity index is 6.00. The van der Waals surface area contributed by atoms with E-state index in [9.17, 15) is 28.8 Å². The van der Waals surface area contributed by atoms with Crippen molar-refractivity contribution in [3.63, 3.8) is 0 Å². The van der Waals surface area contributed by atoms with Gasteiger partial charge in [-0.2, -0.15) is 0 Å². The molecule has 0 saturated carbocycles. The van der Waals surface area contributed by atoms with E-state index in [1.807, 2.05) is 41.5 Å². The molecule has 4 N–H and O–H groups in total. The van der Waals surface area contributed by atoms with Gasteiger partial charge in [0.1, 0.15) is 24.2 Å². The van der Waals surface area contributed by atoms with Crippen molar-refractivity contribution in [1.82, 2.24) is 36.0 Å². The summed E-state index contributed by atoms with van der Waals surface area (Å²) in [4.78, 5) is 83.3. The van der Waals surface area contributed by atoms with Crippen molar-refractivity contribution in [3.05, 3.63) is 0 Å². The van der Waals surface area contributed by atoms with Crippen molar-refractivity contribution in [2.45, 2.75) is 118 Å². The number of nitrogens with zero attached hydrogens (tertiary/aromatic N) is 3. The van der Waals surface area contributed by atoms with Gasteiger partial charge < -0.3 is 36.0 Å². The van der Waals surface area contributed by atoms with E-state index in [2.05, 4.69) is 21.3 Å². The van der Waals surface area contributed by atoms with Gasteiger partial charge in [0.05, 0.1) is 6.54 Å². The van der Waals surface area contributed by atoms with Crippen molar-refractivity contribution >= 4 is 35.4 Å². The largest absolute Gasteiger partial charge is 0.351 e. The number of carbonyl (C=O) groups excluding carboxylic acids is 6. The minimum atomic E-state index is -0.977. The first kappa shape index (κ1) is 42.8. The molecule has 6 amide bonds. The second-order valence-corrected chi connectivity index (χ2v) is 13.7. The zero-order valence-corrected chi connectivity index (χ0v) is 30.7. The molecule has 0 aliphatic rings. The van der Waals surface area contributed by atoms with Gasteiger partial charge in [-0.3, -0.25) is 28.8 Å². The van der Waals surface area contributed by atoms with E-state index in [1.54, 1.807) is 34.9 Å². The van der Waals surface area contributed by atoms with Crippen LogP contribution in [0.1, 0.15) is 88.0 Å². The van der Waals surface area contributed by atoms with Gasteiger partial charge in [0.15, 0.2) is 0 Å². The van der Waals surface area contributed by atoms with E-state index in [-0.39, 0.29) is 48.1 Å². The standard InChI is InChI=1S/C33H63N7O6/c1-14-15-27(41)38(11)19-28(42)39(12)25(16-20(2)3)32(45)37-29(22(6)7)33(46)40(13)26(17-21(4)5)31(44)36-24(9)30(43)35-23(8)18-34-10/h20-26,29,34H,14-19H2,1-13H3,(H,35,43)(H,36,44)(H,37,45)/t23-,24+,25+,26+,29+/m1/s1. The number of hydrogen-bond acceptors (Lipinski definition) is 7. The lowest BCUT2D eigenvalue weighted by molar-refractivity contribution is -0.146. The Morgan fingerprint density at radius 1 is 0.652 bits per heavy atom. The fourth-order valence-electron chi connectivity index (χ4n) is 4.99. The predicted octanol–water partition coefficient (Wildman–Crippen LogP) is 1.36. The van der Waals surface area contributed by atoms with Crippen LogP contribution in [-0.4, -0.2) is 122 Å². The van der Waals surface area contributed by atoms with Crippen LogP contribution in [0.4, 0.5) is 0 Å². The topological polar surface area (TPSA) is 160 Å². The predicted molar refractivity (Wildman–Crippen MR) is 180 cm³/mol. The fraction of sp³-hybridized carbons (Fsp3) is 0.818. The number of likely N-dealkylation sites (N-methyl/N-ethyl adjacent to an activating group) is 4. The highest BCUT2D eigenvalue weighted by Crippen LogP contribution is 2.17. The summed E-state index contributed by atoms with van der Waals surface area (Å²) in [7, 11) is 6.40. The Kier molecular flexibility index (Phi) is 19.4. The Morgan fingerprint density at radius 3 is 1.61 bits per heavy atom. The summed E-state index contributed by atoms with van der Waals surface area (Å²) >= 11 is 0. The van der Waals surface area contributed by atoms with E-state index >= 15 is 0 Å². The minimum absolute atomic E-state index is 0.0512. The van der Waals surface area contributed by atoms with Crippen LogP contribution in [0.3, 0.4) is 0 Å². The highest BCUT2D eigenvalue weighted by atomic mass is 16.2. The molecule has 0 spiro atoms. The maximum Gasteiger partial charge on any atom is 0.245 e. The average Bonchev–Trinajstić information content (AvgIpc) is 2.95. The molecule has 0 saturated heterocycles. The Labute approximate surface area is 277 Å². The van der Waals surface area contributed by atoms with Crippen LogP contribution in [0.15, 0.2) is 0 Å². The van der Waals surface area contributed by atoms with Crippen LogP contribution >= 0.6 is 0 Å². The lowest BCUT2D eigenvalue weighted by Crippen LogP contribution is -2.60. The molecule has 0 radical (unpaired) electrons. The van der Waals surface area contributed by atoms with Crippen LogP contribution in [-0.2, 0) is 28.8 Å².